The SMILES string of the molecule is Cc1cc(Cl)ccc1-c1cccc2c1OC(CN=[N+]=[N-])CN2. The standard InChI is InChI=1S/C16H15ClN4O/c1-10-7-11(17)5-6-13(10)14-3-2-4-15-16(14)22-12(8-19-15)9-20-21-18/h2-7,12,19H,8-9H2,1H3. The van der Waals surface area contributed by atoms with Gasteiger partial charge in [-0.2, -0.15) is 0 Å². The number of azide groups is 1. The first-order valence-corrected chi connectivity index (χ1v) is 7.38. The number of fused-ring (bicyclic) bond motifs is 1. The molecule has 1 atom stereocenters. The minimum Gasteiger partial charge on any atom is -0.486 e. The summed E-state index contributed by atoms with van der Waals surface area (Å²) in [6.07, 6.45) is -0.169. The van der Waals surface area contributed by atoms with Crippen LogP contribution < -0.4 is 10.1 Å². The summed E-state index contributed by atoms with van der Waals surface area (Å²) in [5.74, 6) is 0.789. The fourth-order valence-electron chi connectivity index (χ4n) is 2.61. The van der Waals surface area contributed by atoms with Crippen molar-refractivity contribution in [1.29, 1.82) is 0 Å². The Hall–Kier alpha value is -2.36. The molecule has 0 fully saturated rings. The van der Waals surface area contributed by atoms with E-state index in [9.17, 15) is 0 Å². The molecule has 2 aromatic rings. The number of rotatable bonds is 3. The van der Waals surface area contributed by atoms with Gasteiger partial charge in [-0.1, -0.05) is 34.9 Å². The Balaban J connectivity index is 2.02. The van der Waals surface area contributed by atoms with Crippen LogP contribution in [0, 0.1) is 6.92 Å². The molecule has 112 valence electrons. The largest absolute Gasteiger partial charge is 0.486 e. The molecule has 0 spiro atoms. The number of halogens is 1. The molecular formula is C16H15ClN4O. The second-order valence-electron chi connectivity index (χ2n) is 5.18. The second kappa shape index (κ2) is 6.18. The Bertz CT molecular complexity index is 756. The molecule has 0 radical (unpaired) electrons. The fraction of sp³-hybridized carbons (Fsp3) is 0.250. The predicted molar refractivity (Wildman–Crippen MR) is 88.5 cm³/mol. The van der Waals surface area contributed by atoms with E-state index in [1.54, 1.807) is 0 Å². The van der Waals surface area contributed by atoms with E-state index in [2.05, 4.69) is 15.3 Å². The number of para-hydroxylation sites is 1. The minimum absolute atomic E-state index is 0.169. The van der Waals surface area contributed by atoms with E-state index in [1.165, 1.54) is 0 Å². The van der Waals surface area contributed by atoms with Gasteiger partial charge in [0.2, 0.25) is 0 Å². The third-order valence-corrected chi connectivity index (χ3v) is 3.88. The van der Waals surface area contributed by atoms with Crippen molar-refractivity contribution >= 4 is 17.3 Å². The number of hydrogen-bond acceptors (Lipinski definition) is 3. The van der Waals surface area contributed by atoms with Crippen LogP contribution in [0.5, 0.6) is 5.75 Å². The molecule has 0 aromatic heterocycles. The zero-order chi connectivity index (χ0) is 15.5. The summed E-state index contributed by atoms with van der Waals surface area (Å²) in [5, 5.41) is 7.64. The molecule has 5 nitrogen and oxygen atoms in total. The van der Waals surface area contributed by atoms with Crippen molar-refractivity contribution in [2.45, 2.75) is 13.0 Å². The third kappa shape index (κ3) is 2.82. The number of benzene rings is 2. The van der Waals surface area contributed by atoms with E-state index < -0.39 is 0 Å². The lowest BCUT2D eigenvalue weighted by Crippen LogP contribution is -2.33. The van der Waals surface area contributed by atoms with Gasteiger partial charge in [0.25, 0.3) is 0 Å². The van der Waals surface area contributed by atoms with E-state index in [4.69, 9.17) is 21.9 Å². The summed E-state index contributed by atoms with van der Waals surface area (Å²) in [4.78, 5) is 2.79. The van der Waals surface area contributed by atoms with Crippen molar-refractivity contribution in [3.05, 3.63) is 57.4 Å². The fourth-order valence-corrected chi connectivity index (χ4v) is 2.83. The zero-order valence-electron chi connectivity index (χ0n) is 12.1. The molecular weight excluding hydrogens is 300 g/mol. The molecule has 0 amide bonds. The highest BCUT2D eigenvalue weighted by Crippen LogP contribution is 2.40. The maximum Gasteiger partial charge on any atom is 0.150 e. The van der Waals surface area contributed by atoms with Gasteiger partial charge in [0.15, 0.2) is 5.75 Å². The van der Waals surface area contributed by atoms with Gasteiger partial charge >= 0.3 is 0 Å². The molecule has 2 aromatic carbocycles. The maximum atomic E-state index is 8.46. The topological polar surface area (TPSA) is 70.0 Å². The normalized spacial score (nSPS) is 16.0. The number of nitrogens with zero attached hydrogens (tertiary/aromatic N) is 3. The monoisotopic (exact) mass is 314 g/mol. The van der Waals surface area contributed by atoms with Crippen LogP contribution in [0.1, 0.15) is 5.56 Å². The number of nitrogens with one attached hydrogen (secondary N) is 1. The van der Waals surface area contributed by atoms with Gasteiger partial charge in [-0.3, -0.25) is 0 Å². The lowest BCUT2D eigenvalue weighted by molar-refractivity contribution is 0.215. The molecule has 6 heteroatoms. The highest BCUT2D eigenvalue weighted by molar-refractivity contribution is 6.30. The number of aryl methyl sites for hydroxylation is 1. The highest BCUT2D eigenvalue weighted by atomic mass is 35.5. The molecule has 1 N–H and O–H groups in total. The van der Waals surface area contributed by atoms with E-state index in [-0.39, 0.29) is 6.10 Å². The summed E-state index contributed by atoms with van der Waals surface area (Å²) in [5.41, 5.74) is 12.6. The van der Waals surface area contributed by atoms with Gasteiger partial charge in [0.05, 0.1) is 18.8 Å². The lowest BCUT2D eigenvalue weighted by Gasteiger charge is -2.28. The lowest BCUT2D eigenvalue weighted by atomic mass is 9.98. The Labute approximate surface area is 133 Å². The quantitative estimate of drug-likeness (QED) is 0.502. The van der Waals surface area contributed by atoms with Gasteiger partial charge in [-0.15, -0.1) is 0 Å². The van der Waals surface area contributed by atoms with Crippen LogP contribution in [0.15, 0.2) is 41.5 Å². The van der Waals surface area contributed by atoms with Crippen LogP contribution >= 0.6 is 11.6 Å². The zero-order valence-corrected chi connectivity index (χ0v) is 12.8. The molecule has 0 saturated heterocycles. The van der Waals surface area contributed by atoms with E-state index in [1.807, 2.05) is 43.3 Å². The van der Waals surface area contributed by atoms with Gasteiger partial charge in [0, 0.05) is 15.5 Å². The molecule has 0 saturated carbocycles. The van der Waals surface area contributed by atoms with E-state index in [0.717, 1.165) is 28.1 Å². The highest BCUT2D eigenvalue weighted by Gasteiger charge is 2.22. The molecule has 3 rings (SSSR count). The number of anilines is 1. The minimum atomic E-state index is -0.169. The van der Waals surface area contributed by atoms with Crippen LogP contribution in [0.3, 0.4) is 0 Å². The van der Waals surface area contributed by atoms with Gasteiger partial charge in [0.1, 0.15) is 6.10 Å². The van der Waals surface area contributed by atoms with Crippen LogP contribution in [0.2, 0.25) is 5.02 Å². The van der Waals surface area contributed by atoms with Crippen molar-refractivity contribution in [3.63, 3.8) is 0 Å². The molecule has 1 heterocycles. The Morgan fingerprint density at radius 2 is 2.23 bits per heavy atom. The Morgan fingerprint density at radius 3 is 3.00 bits per heavy atom. The van der Waals surface area contributed by atoms with Crippen LogP contribution in [-0.2, 0) is 0 Å². The summed E-state index contributed by atoms with van der Waals surface area (Å²) in [7, 11) is 0. The van der Waals surface area contributed by atoms with Crippen molar-refractivity contribution < 1.29 is 4.74 Å². The molecule has 0 aliphatic carbocycles. The Kier molecular flexibility index (Phi) is 4.09. The van der Waals surface area contributed by atoms with Crippen molar-refractivity contribution in [3.8, 4) is 16.9 Å². The molecule has 1 aliphatic rings. The van der Waals surface area contributed by atoms with Crippen LogP contribution in [0.4, 0.5) is 5.69 Å². The van der Waals surface area contributed by atoms with E-state index in [0.29, 0.717) is 18.1 Å². The average Bonchev–Trinajstić information content (AvgIpc) is 2.52. The van der Waals surface area contributed by atoms with Crippen molar-refractivity contribution in [2.75, 3.05) is 18.4 Å². The summed E-state index contributed by atoms with van der Waals surface area (Å²) in [6, 6.07) is 11.8. The maximum absolute atomic E-state index is 8.46. The molecule has 0 bridgehead atoms. The van der Waals surface area contributed by atoms with Crippen LogP contribution in [0.25, 0.3) is 21.6 Å². The second-order valence-corrected chi connectivity index (χ2v) is 5.61. The van der Waals surface area contributed by atoms with Crippen molar-refractivity contribution in [1.82, 2.24) is 0 Å². The smallest absolute Gasteiger partial charge is 0.150 e. The summed E-state index contributed by atoms with van der Waals surface area (Å²) in [6.45, 7) is 2.94. The predicted octanol–water partition coefficient (Wildman–Crippen LogP) is 4.80. The molecule has 1 unspecified atom stereocenters. The third-order valence-electron chi connectivity index (χ3n) is 3.65. The first kappa shape index (κ1) is 14.6. The summed E-state index contributed by atoms with van der Waals surface area (Å²) >= 11 is 6.04. The molecule has 1 aliphatic heterocycles. The van der Waals surface area contributed by atoms with Gasteiger partial charge in [-0.05, 0) is 41.8 Å². The Morgan fingerprint density at radius 1 is 1.36 bits per heavy atom. The first-order chi connectivity index (χ1) is 10.7. The average molecular weight is 315 g/mol. The van der Waals surface area contributed by atoms with Gasteiger partial charge in [-0.25, -0.2) is 0 Å². The van der Waals surface area contributed by atoms with E-state index >= 15 is 0 Å². The number of ether oxygens (including phenoxy) is 1. The van der Waals surface area contributed by atoms with Crippen molar-refractivity contribution in [2.24, 2.45) is 5.11 Å². The molecule has 22 heavy (non-hydrogen) atoms. The summed E-state index contributed by atoms with van der Waals surface area (Å²) < 4.78 is 6.04. The number of hydrogen-bond donors (Lipinski definition) is 1. The van der Waals surface area contributed by atoms with Gasteiger partial charge < -0.3 is 10.1 Å². The van der Waals surface area contributed by atoms with Crippen LogP contribution in [-0.4, -0.2) is 19.2 Å². The first-order valence-electron chi connectivity index (χ1n) is 7.00.